The average molecular weight is 309 g/mol. The van der Waals surface area contributed by atoms with Gasteiger partial charge in [-0.2, -0.15) is 0 Å². The molecule has 0 spiro atoms. The minimum atomic E-state index is -0.331. The minimum absolute atomic E-state index is 0.261. The first-order valence-corrected chi connectivity index (χ1v) is 7.84. The van der Waals surface area contributed by atoms with Crippen molar-refractivity contribution >= 4 is 11.0 Å². The molecular weight excluding hydrogens is 290 g/mol. The topological polar surface area (TPSA) is 56.9 Å². The summed E-state index contributed by atoms with van der Waals surface area (Å²) in [5, 5.41) is 0. The minimum Gasteiger partial charge on any atom is -0.292 e. The van der Waals surface area contributed by atoms with Crippen molar-refractivity contribution in [1.82, 2.24) is 14.1 Å². The van der Waals surface area contributed by atoms with E-state index in [1.54, 1.807) is 22.9 Å². The van der Waals surface area contributed by atoms with Crippen molar-refractivity contribution in [1.29, 1.82) is 0 Å². The van der Waals surface area contributed by atoms with Crippen LogP contribution in [0.15, 0.2) is 58.3 Å². The van der Waals surface area contributed by atoms with Crippen molar-refractivity contribution in [2.45, 2.75) is 32.9 Å². The molecule has 2 aromatic heterocycles. The zero-order valence-electron chi connectivity index (χ0n) is 13.1. The Morgan fingerprint density at radius 2 is 1.78 bits per heavy atom. The Balaban J connectivity index is 2.21. The molecule has 5 heteroatoms. The van der Waals surface area contributed by atoms with Gasteiger partial charge in [0.15, 0.2) is 5.52 Å². The number of benzene rings is 1. The van der Waals surface area contributed by atoms with Gasteiger partial charge >= 0.3 is 5.69 Å². The molecule has 0 atom stereocenters. The Bertz CT molecular complexity index is 926. The summed E-state index contributed by atoms with van der Waals surface area (Å²) in [6.45, 7) is 2.93. The van der Waals surface area contributed by atoms with E-state index in [1.807, 2.05) is 30.3 Å². The van der Waals surface area contributed by atoms with E-state index in [-0.39, 0.29) is 17.8 Å². The van der Waals surface area contributed by atoms with Crippen LogP contribution in [0.4, 0.5) is 0 Å². The predicted molar refractivity (Wildman–Crippen MR) is 90.7 cm³/mol. The Morgan fingerprint density at radius 3 is 2.52 bits per heavy atom. The first-order chi connectivity index (χ1) is 11.2. The van der Waals surface area contributed by atoms with Crippen molar-refractivity contribution < 1.29 is 0 Å². The molecule has 0 bridgehead atoms. The Kier molecular flexibility index (Phi) is 4.37. The molecule has 0 unspecified atom stereocenters. The summed E-state index contributed by atoms with van der Waals surface area (Å²) in [6, 6.07) is 13.1. The van der Waals surface area contributed by atoms with Crippen LogP contribution in [0.1, 0.15) is 25.3 Å². The number of fused-ring (bicyclic) bond motifs is 1. The summed E-state index contributed by atoms with van der Waals surface area (Å²) in [7, 11) is 0. The third kappa shape index (κ3) is 2.95. The summed E-state index contributed by atoms with van der Waals surface area (Å²) in [6.07, 6.45) is 3.45. The van der Waals surface area contributed by atoms with Crippen molar-refractivity contribution in [3.63, 3.8) is 0 Å². The average Bonchev–Trinajstić information content (AvgIpc) is 2.59. The Morgan fingerprint density at radius 1 is 1.00 bits per heavy atom. The van der Waals surface area contributed by atoms with Gasteiger partial charge in [-0.1, -0.05) is 43.7 Å². The van der Waals surface area contributed by atoms with Crippen LogP contribution >= 0.6 is 0 Å². The van der Waals surface area contributed by atoms with Gasteiger partial charge in [0, 0.05) is 12.7 Å². The predicted octanol–water partition coefficient (Wildman–Crippen LogP) is 2.41. The van der Waals surface area contributed by atoms with Crippen LogP contribution in [0, 0.1) is 0 Å². The fourth-order valence-electron chi connectivity index (χ4n) is 2.68. The van der Waals surface area contributed by atoms with Crippen LogP contribution in [-0.2, 0) is 13.1 Å². The summed E-state index contributed by atoms with van der Waals surface area (Å²) < 4.78 is 2.94. The highest BCUT2D eigenvalue weighted by Gasteiger charge is 2.13. The van der Waals surface area contributed by atoms with Crippen LogP contribution in [-0.4, -0.2) is 14.1 Å². The maximum Gasteiger partial charge on any atom is 0.331 e. The molecule has 1 aromatic carbocycles. The molecule has 0 fully saturated rings. The van der Waals surface area contributed by atoms with Gasteiger partial charge in [0.25, 0.3) is 5.56 Å². The molecule has 118 valence electrons. The maximum absolute atomic E-state index is 12.8. The fraction of sp³-hybridized carbons (Fsp3) is 0.278. The monoisotopic (exact) mass is 309 g/mol. The second-order valence-electron chi connectivity index (χ2n) is 5.54. The van der Waals surface area contributed by atoms with Crippen LogP contribution in [0.25, 0.3) is 11.0 Å². The molecule has 5 nitrogen and oxygen atoms in total. The van der Waals surface area contributed by atoms with E-state index in [4.69, 9.17) is 0 Å². The van der Waals surface area contributed by atoms with E-state index in [0.717, 1.165) is 18.4 Å². The van der Waals surface area contributed by atoms with Gasteiger partial charge in [-0.25, -0.2) is 9.78 Å². The highest BCUT2D eigenvalue weighted by atomic mass is 16.2. The second-order valence-corrected chi connectivity index (χ2v) is 5.54. The largest absolute Gasteiger partial charge is 0.331 e. The lowest BCUT2D eigenvalue weighted by molar-refractivity contribution is 0.571. The lowest BCUT2D eigenvalue weighted by Gasteiger charge is -2.13. The first-order valence-electron chi connectivity index (χ1n) is 7.84. The van der Waals surface area contributed by atoms with Crippen molar-refractivity contribution in [2.75, 3.05) is 0 Å². The molecule has 0 amide bonds. The Labute approximate surface area is 133 Å². The molecule has 0 N–H and O–H groups in total. The van der Waals surface area contributed by atoms with Crippen LogP contribution < -0.4 is 11.2 Å². The van der Waals surface area contributed by atoms with E-state index in [2.05, 4.69) is 11.9 Å². The second kappa shape index (κ2) is 6.60. The number of aryl methyl sites for hydroxylation is 1. The number of nitrogens with zero attached hydrogens (tertiary/aromatic N) is 3. The number of unbranched alkanes of at least 4 members (excludes halogenated alkanes) is 1. The molecular formula is C18H19N3O2. The van der Waals surface area contributed by atoms with Crippen LogP contribution in [0.5, 0.6) is 0 Å². The van der Waals surface area contributed by atoms with Gasteiger partial charge in [-0.3, -0.25) is 13.9 Å². The SMILES string of the molecule is CCCCn1c(=O)n(Cc2ccccc2)c(=O)c2ncccc21. The van der Waals surface area contributed by atoms with Crippen molar-refractivity contribution in [3.05, 3.63) is 75.1 Å². The normalized spacial score (nSPS) is 11.0. The number of hydrogen-bond acceptors (Lipinski definition) is 3. The molecule has 3 aromatic rings. The van der Waals surface area contributed by atoms with Gasteiger partial charge < -0.3 is 0 Å². The highest BCUT2D eigenvalue weighted by Crippen LogP contribution is 2.07. The number of aromatic nitrogens is 3. The first kappa shape index (κ1) is 15.2. The lowest BCUT2D eigenvalue weighted by atomic mass is 10.2. The van der Waals surface area contributed by atoms with E-state index in [1.165, 1.54) is 4.57 Å². The van der Waals surface area contributed by atoms with E-state index >= 15 is 0 Å². The molecule has 2 heterocycles. The number of pyridine rings is 1. The van der Waals surface area contributed by atoms with Crippen molar-refractivity contribution in [3.8, 4) is 0 Å². The number of rotatable bonds is 5. The van der Waals surface area contributed by atoms with Gasteiger partial charge in [-0.05, 0) is 24.1 Å². The maximum atomic E-state index is 12.8. The van der Waals surface area contributed by atoms with E-state index < -0.39 is 0 Å². The van der Waals surface area contributed by atoms with E-state index in [9.17, 15) is 9.59 Å². The summed E-state index contributed by atoms with van der Waals surface area (Å²) >= 11 is 0. The third-order valence-electron chi connectivity index (χ3n) is 3.91. The smallest absolute Gasteiger partial charge is 0.292 e. The molecule has 0 aliphatic carbocycles. The van der Waals surface area contributed by atoms with Gasteiger partial charge in [-0.15, -0.1) is 0 Å². The lowest BCUT2D eigenvalue weighted by Crippen LogP contribution is -2.40. The van der Waals surface area contributed by atoms with Gasteiger partial charge in [0.1, 0.15) is 0 Å². The molecule has 0 saturated heterocycles. The van der Waals surface area contributed by atoms with Gasteiger partial charge in [0.05, 0.1) is 12.1 Å². The molecule has 0 radical (unpaired) electrons. The standard InChI is InChI=1S/C18H19N3O2/c1-2-3-12-20-15-10-7-11-19-16(15)17(22)21(18(20)23)13-14-8-5-4-6-9-14/h4-11H,2-3,12-13H2,1H3. The Hall–Kier alpha value is -2.69. The summed E-state index contributed by atoms with van der Waals surface area (Å²) in [5.41, 5.74) is 1.28. The van der Waals surface area contributed by atoms with Crippen LogP contribution in [0.3, 0.4) is 0 Å². The third-order valence-corrected chi connectivity index (χ3v) is 3.91. The van der Waals surface area contributed by atoms with E-state index in [0.29, 0.717) is 17.6 Å². The zero-order chi connectivity index (χ0) is 16.2. The fourth-order valence-corrected chi connectivity index (χ4v) is 2.68. The summed E-state index contributed by atoms with van der Waals surface area (Å²) in [4.78, 5) is 29.7. The summed E-state index contributed by atoms with van der Waals surface area (Å²) in [5.74, 6) is 0. The molecule has 0 aliphatic heterocycles. The molecule has 0 saturated carbocycles. The number of hydrogen-bond donors (Lipinski definition) is 0. The van der Waals surface area contributed by atoms with Crippen LogP contribution in [0.2, 0.25) is 0 Å². The van der Waals surface area contributed by atoms with Crippen molar-refractivity contribution in [2.24, 2.45) is 0 Å². The van der Waals surface area contributed by atoms with Gasteiger partial charge in [0.2, 0.25) is 0 Å². The molecule has 0 aliphatic rings. The quantitative estimate of drug-likeness (QED) is 0.727. The molecule has 23 heavy (non-hydrogen) atoms. The molecule has 3 rings (SSSR count). The zero-order valence-corrected chi connectivity index (χ0v) is 13.1. The highest BCUT2D eigenvalue weighted by molar-refractivity contribution is 5.73.